The molecule has 28 heavy (non-hydrogen) atoms. The molecule has 1 unspecified atom stereocenters. The largest absolute Gasteiger partial charge is 0.573 e. The molecule has 0 saturated carbocycles. The minimum atomic E-state index is -4.81. The summed E-state index contributed by atoms with van der Waals surface area (Å²) in [6, 6.07) is 7.11. The van der Waals surface area contributed by atoms with E-state index in [9.17, 15) is 13.2 Å². The molecule has 2 aromatic heterocycles. The van der Waals surface area contributed by atoms with Crippen molar-refractivity contribution in [1.82, 2.24) is 19.8 Å². The first-order chi connectivity index (χ1) is 13.4. The summed E-state index contributed by atoms with van der Waals surface area (Å²) in [7, 11) is 0. The van der Waals surface area contributed by atoms with Crippen molar-refractivity contribution < 1.29 is 22.6 Å². The summed E-state index contributed by atoms with van der Waals surface area (Å²) in [5.41, 5.74) is 1.11. The molecule has 10 heteroatoms. The van der Waals surface area contributed by atoms with Crippen LogP contribution in [0.3, 0.4) is 0 Å². The van der Waals surface area contributed by atoms with Crippen LogP contribution in [0.4, 0.5) is 13.2 Å². The average molecular weight is 409 g/mol. The fraction of sp³-hybridized carbons (Fsp3) is 0.167. The molecule has 0 radical (unpaired) electrons. The van der Waals surface area contributed by atoms with Gasteiger partial charge in [0.15, 0.2) is 5.65 Å². The van der Waals surface area contributed by atoms with Gasteiger partial charge >= 0.3 is 6.36 Å². The molecule has 0 bridgehead atoms. The number of ether oxygens (including phenoxy) is 2. The van der Waals surface area contributed by atoms with Gasteiger partial charge in [-0.05, 0) is 30.2 Å². The van der Waals surface area contributed by atoms with Gasteiger partial charge in [-0.3, -0.25) is 0 Å². The molecular weight excluding hydrogens is 397 g/mol. The van der Waals surface area contributed by atoms with E-state index in [1.54, 1.807) is 12.1 Å². The quantitative estimate of drug-likeness (QED) is 0.603. The van der Waals surface area contributed by atoms with Crippen molar-refractivity contribution in [1.29, 1.82) is 0 Å². The van der Waals surface area contributed by atoms with Crippen molar-refractivity contribution in [3.05, 3.63) is 65.5 Å². The number of hydrogen-bond donors (Lipinski definition) is 0. The number of aromatic nitrogens is 4. The highest BCUT2D eigenvalue weighted by Gasteiger charge is 2.31. The van der Waals surface area contributed by atoms with Crippen molar-refractivity contribution in [2.24, 2.45) is 0 Å². The van der Waals surface area contributed by atoms with Gasteiger partial charge in [-0.25, -0.2) is 0 Å². The lowest BCUT2D eigenvalue weighted by atomic mass is 9.92. The molecule has 0 spiro atoms. The molecule has 1 atom stereocenters. The number of hydrogen-bond acceptors (Lipinski definition) is 5. The van der Waals surface area contributed by atoms with E-state index in [0.717, 1.165) is 0 Å². The van der Waals surface area contributed by atoms with Crippen LogP contribution in [0.15, 0.2) is 54.6 Å². The molecule has 0 amide bonds. The molecule has 6 nitrogen and oxygen atoms in total. The number of benzene rings is 1. The third-order valence-corrected chi connectivity index (χ3v) is 4.25. The Morgan fingerprint density at radius 3 is 2.71 bits per heavy atom. The number of nitrogens with zero attached hydrogens (tertiary/aromatic N) is 4. The van der Waals surface area contributed by atoms with Gasteiger partial charge < -0.3 is 9.47 Å². The van der Waals surface area contributed by atoms with Crippen molar-refractivity contribution in [2.45, 2.75) is 18.7 Å². The normalized spacial score (nSPS) is 16.5. The monoisotopic (exact) mass is 408 g/mol. The van der Waals surface area contributed by atoms with Gasteiger partial charge in [0.25, 0.3) is 0 Å². The minimum absolute atomic E-state index is 0.0372. The van der Waals surface area contributed by atoms with E-state index in [1.165, 1.54) is 22.7 Å². The number of alkyl halides is 3. The summed E-state index contributed by atoms with van der Waals surface area (Å²) in [5.74, 6) is -0.121. The van der Waals surface area contributed by atoms with E-state index in [0.29, 0.717) is 17.6 Å². The Kier molecular flexibility index (Phi) is 4.68. The van der Waals surface area contributed by atoms with Crippen LogP contribution in [0, 0.1) is 0 Å². The molecule has 1 aromatic carbocycles. The van der Waals surface area contributed by atoms with Gasteiger partial charge in [-0.15, -0.1) is 28.5 Å². The summed E-state index contributed by atoms with van der Waals surface area (Å²) >= 11 is 5.91. The first-order valence-corrected chi connectivity index (χ1v) is 8.56. The molecule has 0 aliphatic heterocycles. The fourth-order valence-corrected chi connectivity index (χ4v) is 2.99. The van der Waals surface area contributed by atoms with Crippen LogP contribution in [-0.4, -0.2) is 26.2 Å². The van der Waals surface area contributed by atoms with Crippen LogP contribution < -0.4 is 9.47 Å². The Hall–Kier alpha value is -3.07. The van der Waals surface area contributed by atoms with Gasteiger partial charge in [0.1, 0.15) is 11.5 Å². The lowest BCUT2D eigenvalue weighted by molar-refractivity contribution is -0.274. The maximum absolute atomic E-state index is 12.6. The van der Waals surface area contributed by atoms with Crippen LogP contribution in [0.1, 0.15) is 17.9 Å². The van der Waals surface area contributed by atoms with Crippen molar-refractivity contribution in [3.63, 3.8) is 0 Å². The molecule has 1 aliphatic rings. The molecule has 2 heterocycles. The van der Waals surface area contributed by atoms with Crippen molar-refractivity contribution >= 4 is 17.2 Å². The van der Waals surface area contributed by atoms with Crippen LogP contribution >= 0.6 is 11.6 Å². The summed E-state index contributed by atoms with van der Waals surface area (Å²) in [6.07, 6.45) is 3.58. The molecule has 0 saturated heterocycles. The Labute approximate surface area is 161 Å². The standard InChI is InChI=1S/C18H12ClF3N4O2/c19-17-24-23-15-8-9-16(25-26(15)17)27-14-10-12(28-18(20,21)22)6-7-13(14)11-4-2-1-3-5-11/h1-4,6-11H,5H2. The summed E-state index contributed by atoms with van der Waals surface area (Å²) in [4.78, 5) is 0. The lowest BCUT2D eigenvalue weighted by Crippen LogP contribution is -2.17. The molecule has 1 aliphatic carbocycles. The predicted octanol–water partition coefficient (Wildman–Crippen LogP) is 5.07. The first-order valence-electron chi connectivity index (χ1n) is 8.18. The maximum atomic E-state index is 12.6. The highest BCUT2D eigenvalue weighted by Crippen LogP contribution is 2.38. The Morgan fingerprint density at radius 1 is 1.11 bits per heavy atom. The molecule has 0 fully saturated rings. The van der Waals surface area contributed by atoms with Gasteiger partial charge in [0, 0.05) is 23.6 Å². The maximum Gasteiger partial charge on any atom is 0.573 e. The van der Waals surface area contributed by atoms with Gasteiger partial charge in [-0.2, -0.15) is 4.52 Å². The third-order valence-electron chi connectivity index (χ3n) is 4.01. The van der Waals surface area contributed by atoms with Gasteiger partial charge in [-0.1, -0.05) is 30.4 Å². The molecule has 144 valence electrons. The Morgan fingerprint density at radius 2 is 1.96 bits per heavy atom. The van der Waals surface area contributed by atoms with E-state index in [1.807, 2.05) is 24.3 Å². The van der Waals surface area contributed by atoms with E-state index in [2.05, 4.69) is 20.0 Å². The zero-order valence-corrected chi connectivity index (χ0v) is 14.9. The van der Waals surface area contributed by atoms with E-state index in [4.69, 9.17) is 16.3 Å². The van der Waals surface area contributed by atoms with E-state index >= 15 is 0 Å². The number of allylic oxidation sites excluding steroid dienone is 4. The topological polar surface area (TPSA) is 61.5 Å². The first kappa shape index (κ1) is 18.3. The highest BCUT2D eigenvalue weighted by molar-refractivity contribution is 6.28. The smallest absolute Gasteiger partial charge is 0.437 e. The third kappa shape index (κ3) is 3.94. The molecule has 4 rings (SSSR count). The zero-order valence-electron chi connectivity index (χ0n) is 14.1. The van der Waals surface area contributed by atoms with Gasteiger partial charge in [0.05, 0.1) is 0 Å². The second-order valence-electron chi connectivity index (χ2n) is 5.92. The predicted molar refractivity (Wildman–Crippen MR) is 94.6 cm³/mol. The van der Waals surface area contributed by atoms with Crippen molar-refractivity contribution in [2.75, 3.05) is 0 Å². The summed E-state index contributed by atoms with van der Waals surface area (Å²) in [6.45, 7) is 0. The minimum Gasteiger partial charge on any atom is -0.437 e. The second-order valence-corrected chi connectivity index (χ2v) is 6.25. The zero-order chi connectivity index (χ0) is 19.7. The lowest BCUT2D eigenvalue weighted by Gasteiger charge is -2.19. The highest BCUT2D eigenvalue weighted by atomic mass is 35.5. The summed E-state index contributed by atoms with van der Waals surface area (Å²) in [5, 5.41) is 11.7. The Balaban J connectivity index is 1.72. The molecule has 3 aromatic rings. The second kappa shape index (κ2) is 7.16. The number of rotatable bonds is 4. The van der Waals surface area contributed by atoms with E-state index in [-0.39, 0.29) is 28.6 Å². The average Bonchev–Trinajstić information content (AvgIpc) is 3.02. The molecular formula is C18H12ClF3N4O2. The fourth-order valence-electron chi connectivity index (χ4n) is 2.83. The van der Waals surface area contributed by atoms with Crippen LogP contribution in [0.25, 0.3) is 5.65 Å². The van der Waals surface area contributed by atoms with Crippen LogP contribution in [-0.2, 0) is 0 Å². The SMILES string of the molecule is FC(F)(F)Oc1ccc(C2C=CC=CC2)c(Oc2ccc3nnc(Cl)n3n2)c1. The number of fused-ring (bicyclic) bond motifs is 1. The summed E-state index contributed by atoms with van der Waals surface area (Å²) < 4.78 is 48.9. The van der Waals surface area contributed by atoms with Gasteiger partial charge in [0.2, 0.25) is 11.2 Å². The molecule has 0 N–H and O–H groups in total. The van der Waals surface area contributed by atoms with Crippen LogP contribution in [0.2, 0.25) is 5.28 Å². The number of halogens is 4. The van der Waals surface area contributed by atoms with Crippen LogP contribution in [0.5, 0.6) is 17.4 Å². The van der Waals surface area contributed by atoms with E-state index < -0.39 is 6.36 Å². The van der Waals surface area contributed by atoms with Crippen molar-refractivity contribution in [3.8, 4) is 17.4 Å². The Bertz CT molecular complexity index is 1080.